The fourth-order valence-electron chi connectivity index (χ4n) is 1.38. The minimum Gasteiger partial charge on any atom is -0.240 e. The summed E-state index contributed by atoms with van der Waals surface area (Å²) in [5.74, 6) is 0.835. The van der Waals surface area contributed by atoms with E-state index in [1.807, 2.05) is 24.3 Å². The van der Waals surface area contributed by atoms with E-state index in [1.165, 1.54) is 5.56 Å². The van der Waals surface area contributed by atoms with Crippen LogP contribution in [0.5, 0.6) is 0 Å². The standard InChI is InChI=1S/C12H11BrN2/c13-11(12-14-7-4-8-15-12)9-10-5-2-1-3-6-10/h1-8,11H,9H2. The maximum Gasteiger partial charge on any atom is 0.142 e. The Morgan fingerprint density at radius 3 is 2.33 bits per heavy atom. The van der Waals surface area contributed by atoms with E-state index in [4.69, 9.17) is 0 Å². The Balaban J connectivity index is 2.08. The molecule has 0 aliphatic heterocycles. The highest BCUT2D eigenvalue weighted by molar-refractivity contribution is 9.09. The first-order valence-corrected chi connectivity index (χ1v) is 5.73. The van der Waals surface area contributed by atoms with Gasteiger partial charge in [-0.15, -0.1) is 0 Å². The molecule has 1 heterocycles. The highest BCUT2D eigenvalue weighted by atomic mass is 79.9. The maximum atomic E-state index is 4.22. The van der Waals surface area contributed by atoms with Crippen LogP contribution < -0.4 is 0 Å². The molecule has 0 aliphatic carbocycles. The molecule has 2 rings (SSSR count). The van der Waals surface area contributed by atoms with E-state index in [0.29, 0.717) is 0 Å². The van der Waals surface area contributed by atoms with Crippen LogP contribution in [0.3, 0.4) is 0 Å². The molecule has 0 amide bonds. The van der Waals surface area contributed by atoms with Crippen LogP contribution in [0, 0.1) is 0 Å². The first-order chi connectivity index (χ1) is 7.36. The topological polar surface area (TPSA) is 25.8 Å². The molecule has 2 aromatic rings. The summed E-state index contributed by atoms with van der Waals surface area (Å²) in [7, 11) is 0. The fourth-order valence-corrected chi connectivity index (χ4v) is 1.99. The maximum absolute atomic E-state index is 4.22. The van der Waals surface area contributed by atoms with Crippen LogP contribution in [0.25, 0.3) is 0 Å². The summed E-state index contributed by atoms with van der Waals surface area (Å²) in [6, 6.07) is 12.1. The number of benzene rings is 1. The van der Waals surface area contributed by atoms with Gasteiger partial charge in [0, 0.05) is 12.4 Å². The van der Waals surface area contributed by atoms with E-state index in [9.17, 15) is 0 Å². The average molecular weight is 263 g/mol. The number of hydrogen-bond acceptors (Lipinski definition) is 2. The highest BCUT2D eigenvalue weighted by Gasteiger charge is 2.10. The zero-order valence-electron chi connectivity index (χ0n) is 8.18. The molecule has 1 atom stereocenters. The minimum absolute atomic E-state index is 0.182. The normalized spacial score (nSPS) is 12.3. The summed E-state index contributed by atoms with van der Waals surface area (Å²) in [6.07, 6.45) is 4.44. The van der Waals surface area contributed by atoms with Crippen molar-refractivity contribution in [2.24, 2.45) is 0 Å². The van der Waals surface area contributed by atoms with E-state index in [-0.39, 0.29) is 4.83 Å². The van der Waals surface area contributed by atoms with Crippen molar-refractivity contribution in [3.8, 4) is 0 Å². The number of rotatable bonds is 3. The van der Waals surface area contributed by atoms with Gasteiger partial charge >= 0.3 is 0 Å². The van der Waals surface area contributed by atoms with Crippen LogP contribution >= 0.6 is 15.9 Å². The van der Waals surface area contributed by atoms with Crippen LogP contribution in [0.2, 0.25) is 0 Å². The molecule has 2 nitrogen and oxygen atoms in total. The minimum atomic E-state index is 0.182. The van der Waals surface area contributed by atoms with Gasteiger partial charge < -0.3 is 0 Å². The molecule has 0 N–H and O–H groups in total. The van der Waals surface area contributed by atoms with Gasteiger partial charge in [0.2, 0.25) is 0 Å². The number of halogens is 1. The van der Waals surface area contributed by atoms with Crippen LogP contribution in [-0.2, 0) is 6.42 Å². The molecule has 0 spiro atoms. The van der Waals surface area contributed by atoms with Crippen molar-refractivity contribution in [1.29, 1.82) is 0 Å². The van der Waals surface area contributed by atoms with Crippen molar-refractivity contribution >= 4 is 15.9 Å². The second-order valence-corrected chi connectivity index (χ2v) is 4.37. The van der Waals surface area contributed by atoms with E-state index in [2.05, 4.69) is 38.0 Å². The van der Waals surface area contributed by atoms with Crippen molar-refractivity contribution in [3.63, 3.8) is 0 Å². The number of aromatic nitrogens is 2. The summed E-state index contributed by atoms with van der Waals surface area (Å²) in [5.41, 5.74) is 1.28. The van der Waals surface area contributed by atoms with Crippen molar-refractivity contribution in [1.82, 2.24) is 9.97 Å². The molecule has 0 fully saturated rings. The summed E-state index contributed by atoms with van der Waals surface area (Å²) >= 11 is 3.60. The van der Waals surface area contributed by atoms with E-state index < -0.39 is 0 Å². The Labute approximate surface area is 97.5 Å². The van der Waals surface area contributed by atoms with Gasteiger partial charge in [0.1, 0.15) is 5.82 Å². The van der Waals surface area contributed by atoms with Gasteiger partial charge in [-0.3, -0.25) is 0 Å². The Morgan fingerprint density at radius 1 is 1.00 bits per heavy atom. The lowest BCUT2D eigenvalue weighted by atomic mass is 10.1. The van der Waals surface area contributed by atoms with Gasteiger partial charge in [-0.25, -0.2) is 9.97 Å². The molecule has 1 aromatic carbocycles. The lowest BCUT2D eigenvalue weighted by Gasteiger charge is -2.07. The molecule has 3 heteroatoms. The fraction of sp³-hybridized carbons (Fsp3) is 0.167. The Hall–Kier alpha value is -1.22. The van der Waals surface area contributed by atoms with Gasteiger partial charge in [0.05, 0.1) is 4.83 Å². The molecular weight excluding hydrogens is 252 g/mol. The highest BCUT2D eigenvalue weighted by Crippen LogP contribution is 2.23. The van der Waals surface area contributed by atoms with Crippen LogP contribution in [0.15, 0.2) is 48.8 Å². The molecular formula is C12H11BrN2. The molecule has 0 radical (unpaired) electrons. The van der Waals surface area contributed by atoms with E-state index >= 15 is 0 Å². The van der Waals surface area contributed by atoms with Gasteiger partial charge in [-0.05, 0) is 18.1 Å². The number of hydrogen-bond donors (Lipinski definition) is 0. The summed E-state index contributed by atoms with van der Waals surface area (Å²) < 4.78 is 0. The quantitative estimate of drug-likeness (QED) is 0.795. The van der Waals surface area contributed by atoms with Gasteiger partial charge in [0.15, 0.2) is 0 Å². The van der Waals surface area contributed by atoms with E-state index in [0.717, 1.165) is 12.2 Å². The zero-order valence-corrected chi connectivity index (χ0v) is 9.76. The Bertz CT molecular complexity index is 402. The lowest BCUT2D eigenvalue weighted by molar-refractivity contribution is 0.849. The van der Waals surface area contributed by atoms with Gasteiger partial charge in [0.25, 0.3) is 0 Å². The summed E-state index contributed by atoms with van der Waals surface area (Å²) in [6.45, 7) is 0. The molecule has 1 aromatic heterocycles. The first-order valence-electron chi connectivity index (χ1n) is 4.81. The largest absolute Gasteiger partial charge is 0.240 e. The van der Waals surface area contributed by atoms with Crippen molar-refractivity contribution in [2.45, 2.75) is 11.2 Å². The van der Waals surface area contributed by atoms with Crippen molar-refractivity contribution in [3.05, 3.63) is 60.2 Å². The van der Waals surface area contributed by atoms with E-state index in [1.54, 1.807) is 12.4 Å². The Morgan fingerprint density at radius 2 is 1.67 bits per heavy atom. The predicted molar refractivity (Wildman–Crippen MR) is 63.8 cm³/mol. The van der Waals surface area contributed by atoms with Crippen molar-refractivity contribution in [2.75, 3.05) is 0 Å². The zero-order chi connectivity index (χ0) is 10.5. The molecule has 15 heavy (non-hydrogen) atoms. The average Bonchev–Trinajstić information content (AvgIpc) is 2.31. The van der Waals surface area contributed by atoms with Crippen LogP contribution in [0.4, 0.5) is 0 Å². The van der Waals surface area contributed by atoms with Crippen LogP contribution in [0.1, 0.15) is 16.2 Å². The third-order valence-electron chi connectivity index (χ3n) is 2.12. The molecule has 0 saturated carbocycles. The lowest BCUT2D eigenvalue weighted by Crippen LogP contribution is -2.00. The number of alkyl halides is 1. The monoisotopic (exact) mass is 262 g/mol. The predicted octanol–water partition coefficient (Wildman–Crippen LogP) is 3.16. The molecule has 1 unspecified atom stereocenters. The molecule has 0 saturated heterocycles. The summed E-state index contributed by atoms with van der Waals surface area (Å²) in [4.78, 5) is 8.62. The second kappa shape index (κ2) is 5.03. The van der Waals surface area contributed by atoms with Gasteiger partial charge in [-0.1, -0.05) is 46.3 Å². The molecule has 76 valence electrons. The summed E-state index contributed by atoms with van der Waals surface area (Å²) in [5, 5.41) is 0. The third kappa shape index (κ3) is 2.86. The third-order valence-corrected chi connectivity index (χ3v) is 2.86. The molecule has 0 aliphatic rings. The number of nitrogens with zero attached hydrogens (tertiary/aromatic N) is 2. The van der Waals surface area contributed by atoms with Crippen LogP contribution in [-0.4, -0.2) is 9.97 Å². The SMILES string of the molecule is BrC(Cc1ccccc1)c1ncccn1. The van der Waals surface area contributed by atoms with Gasteiger partial charge in [-0.2, -0.15) is 0 Å². The smallest absolute Gasteiger partial charge is 0.142 e. The molecule has 0 bridgehead atoms. The second-order valence-electron chi connectivity index (χ2n) is 3.26. The van der Waals surface area contributed by atoms with Crippen molar-refractivity contribution < 1.29 is 0 Å². The Kier molecular flexibility index (Phi) is 3.45. The first kappa shape index (κ1) is 10.3.